The molecule has 62 valence electrons. The van der Waals surface area contributed by atoms with Gasteiger partial charge in [0.2, 0.25) is 0 Å². The fraction of sp³-hybridized carbons (Fsp3) is 0.286. The molecule has 0 saturated heterocycles. The topological polar surface area (TPSA) is 65.8 Å². The molecule has 0 unspecified atom stereocenters. The van der Waals surface area contributed by atoms with E-state index in [1.165, 1.54) is 11.3 Å². The third-order valence-corrected chi connectivity index (χ3v) is 1.95. The lowest BCUT2D eigenvalue weighted by Crippen LogP contribution is -2.23. The van der Waals surface area contributed by atoms with Crippen molar-refractivity contribution in [2.75, 3.05) is 6.54 Å². The predicted molar refractivity (Wildman–Crippen MR) is 44.8 cm³/mol. The van der Waals surface area contributed by atoms with Crippen molar-refractivity contribution in [3.8, 4) is 6.07 Å². The zero-order valence-corrected chi connectivity index (χ0v) is 7.31. The Balaban J connectivity index is 2.61. The maximum atomic E-state index is 11.1. The van der Waals surface area contributed by atoms with Gasteiger partial charge in [0, 0.05) is 5.38 Å². The van der Waals surface area contributed by atoms with Gasteiger partial charge in [0.25, 0.3) is 5.91 Å². The molecule has 1 amide bonds. The molecular weight excluding hydrogens is 174 g/mol. The third kappa shape index (κ3) is 2.04. The van der Waals surface area contributed by atoms with Crippen LogP contribution in [0.2, 0.25) is 0 Å². The average Bonchev–Trinajstić information content (AvgIpc) is 2.47. The number of nitrogens with one attached hydrogen (secondary N) is 1. The van der Waals surface area contributed by atoms with Crippen LogP contribution in [-0.4, -0.2) is 17.4 Å². The van der Waals surface area contributed by atoms with Crippen molar-refractivity contribution in [3.63, 3.8) is 0 Å². The molecule has 0 saturated carbocycles. The smallest absolute Gasteiger partial charge is 0.271 e. The summed E-state index contributed by atoms with van der Waals surface area (Å²) in [6.45, 7) is 1.85. The highest BCUT2D eigenvalue weighted by atomic mass is 32.1. The van der Waals surface area contributed by atoms with E-state index in [4.69, 9.17) is 5.26 Å². The zero-order chi connectivity index (χ0) is 8.97. The van der Waals surface area contributed by atoms with Gasteiger partial charge in [-0.3, -0.25) is 4.79 Å². The van der Waals surface area contributed by atoms with Crippen LogP contribution in [0, 0.1) is 18.3 Å². The Morgan fingerprint density at radius 2 is 2.67 bits per heavy atom. The highest BCUT2D eigenvalue weighted by Gasteiger charge is 2.07. The van der Waals surface area contributed by atoms with E-state index in [1.54, 1.807) is 5.38 Å². The molecule has 0 atom stereocenters. The lowest BCUT2D eigenvalue weighted by atomic mass is 10.4. The van der Waals surface area contributed by atoms with E-state index in [0.29, 0.717) is 5.69 Å². The van der Waals surface area contributed by atoms with Crippen LogP contribution in [0.5, 0.6) is 0 Å². The molecule has 0 fully saturated rings. The zero-order valence-electron chi connectivity index (χ0n) is 6.50. The van der Waals surface area contributed by atoms with E-state index in [9.17, 15) is 4.79 Å². The van der Waals surface area contributed by atoms with E-state index in [2.05, 4.69) is 10.3 Å². The van der Waals surface area contributed by atoms with Crippen LogP contribution in [0.1, 0.15) is 15.5 Å². The lowest BCUT2D eigenvalue weighted by Gasteiger charge is -1.94. The summed E-state index contributed by atoms with van der Waals surface area (Å²) in [5, 5.41) is 13.1. The number of rotatable bonds is 2. The Labute approximate surface area is 73.9 Å². The van der Waals surface area contributed by atoms with Gasteiger partial charge < -0.3 is 5.32 Å². The van der Waals surface area contributed by atoms with Gasteiger partial charge in [0.15, 0.2) is 0 Å². The van der Waals surface area contributed by atoms with Crippen LogP contribution < -0.4 is 5.32 Å². The second-order valence-corrected chi connectivity index (χ2v) is 3.15. The number of carbonyl (C=O) groups excluding carboxylic acids is 1. The summed E-state index contributed by atoms with van der Waals surface area (Å²) < 4.78 is 0. The second-order valence-electron chi connectivity index (χ2n) is 2.09. The van der Waals surface area contributed by atoms with Crippen LogP contribution in [0.3, 0.4) is 0 Å². The van der Waals surface area contributed by atoms with Crippen molar-refractivity contribution < 1.29 is 4.79 Å². The Morgan fingerprint density at radius 1 is 1.92 bits per heavy atom. The van der Waals surface area contributed by atoms with Crippen molar-refractivity contribution in [3.05, 3.63) is 16.1 Å². The lowest BCUT2D eigenvalue weighted by molar-refractivity contribution is 0.0954. The summed E-state index contributed by atoms with van der Waals surface area (Å²) in [6, 6.07) is 1.82. The maximum absolute atomic E-state index is 11.1. The number of aromatic nitrogens is 1. The minimum Gasteiger partial charge on any atom is -0.338 e. The summed E-state index contributed by atoms with van der Waals surface area (Å²) in [5.41, 5.74) is 0.382. The molecule has 0 aliphatic heterocycles. The molecule has 1 rings (SSSR count). The van der Waals surface area contributed by atoms with Gasteiger partial charge in [-0.15, -0.1) is 11.3 Å². The number of nitrogens with zero attached hydrogens (tertiary/aromatic N) is 2. The van der Waals surface area contributed by atoms with Crippen molar-refractivity contribution in [2.45, 2.75) is 6.92 Å². The third-order valence-electron chi connectivity index (χ3n) is 1.18. The molecular formula is C7H7N3OS. The molecule has 4 nitrogen and oxygen atoms in total. The molecule has 0 spiro atoms. The van der Waals surface area contributed by atoms with E-state index in [0.717, 1.165) is 5.01 Å². The molecule has 1 aromatic heterocycles. The Kier molecular flexibility index (Phi) is 2.77. The highest BCUT2D eigenvalue weighted by molar-refractivity contribution is 7.09. The van der Waals surface area contributed by atoms with E-state index in [-0.39, 0.29) is 12.5 Å². The minimum atomic E-state index is -0.291. The second kappa shape index (κ2) is 3.83. The van der Waals surface area contributed by atoms with Crippen LogP contribution in [0.15, 0.2) is 5.38 Å². The molecule has 0 aliphatic carbocycles. The van der Waals surface area contributed by atoms with Crippen molar-refractivity contribution >= 4 is 17.2 Å². The molecule has 0 radical (unpaired) electrons. The first kappa shape index (κ1) is 8.68. The largest absolute Gasteiger partial charge is 0.338 e. The molecule has 12 heavy (non-hydrogen) atoms. The summed E-state index contributed by atoms with van der Waals surface area (Å²) >= 11 is 1.41. The van der Waals surface area contributed by atoms with Gasteiger partial charge in [0.05, 0.1) is 11.1 Å². The Morgan fingerprint density at radius 3 is 3.17 bits per heavy atom. The monoisotopic (exact) mass is 181 g/mol. The van der Waals surface area contributed by atoms with Gasteiger partial charge in [-0.1, -0.05) is 0 Å². The van der Waals surface area contributed by atoms with Gasteiger partial charge in [-0.05, 0) is 6.92 Å². The quantitative estimate of drug-likeness (QED) is 0.683. The van der Waals surface area contributed by atoms with Crippen molar-refractivity contribution in [2.24, 2.45) is 0 Å². The number of aryl methyl sites for hydroxylation is 1. The van der Waals surface area contributed by atoms with E-state index < -0.39 is 0 Å². The molecule has 0 aliphatic rings. The summed E-state index contributed by atoms with van der Waals surface area (Å²) in [7, 11) is 0. The first-order valence-electron chi connectivity index (χ1n) is 3.31. The van der Waals surface area contributed by atoms with Crippen LogP contribution in [-0.2, 0) is 0 Å². The Bertz CT molecular complexity index is 326. The van der Waals surface area contributed by atoms with Crippen LogP contribution in [0.4, 0.5) is 0 Å². The normalized spacial score (nSPS) is 9.00. The molecule has 0 aromatic carbocycles. The average molecular weight is 181 g/mol. The minimum absolute atomic E-state index is 0.0232. The first-order valence-corrected chi connectivity index (χ1v) is 4.19. The standard InChI is InChI=1S/C7H7N3OS/c1-5-10-6(4-12-5)7(11)9-3-2-8/h4H,3H2,1H3,(H,9,11). The van der Waals surface area contributed by atoms with E-state index >= 15 is 0 Å². The first-order chi connectivity index (χ1) is 5.74. The van der Waals surface area contributed by atoms with Gasteiger partial charge in [-0.2, -0.15) is 5.26 Å². The summed E-state index contributed by atoms with van der Waals surface area (Å²) in [4.78, 5) is 15.1. The molecule has 1 aromatic rings. The fourth-order valence-corrected chi connectivity index (χ4v) is 1.27. The fourth-order valence-electron chi connectivity index (χ4n) is 0.678. The number of nitriles is 1. The van der Waals surface area contributed by atoms with Gasteiger partial charge in [-0.25, -0.2) is 4.98 Å². The van der Waals surface area contributed by atoms with Gasteiger partial charge in [0.1, 0.15) is 12.2 Å². The molecule has 0 bridgehead atoms. The molecule has 5 heteroatoms. The molecule has 1 heterocycles. The maximum Gasteiger partial charge on any atom is 0.271 e. The van der Waals surface area contributed by atoms with Crippen LogP contribution in [0.25, 0.3) is 0 Å². The number of hydrogen-bond donors (Lipinski definition) is 1. The van der Waals surface area contributed by atoms with Crippen molar-refractivity contribution in [1.29, 1.82) is 5.26 Å². The predicted octanol–water partition coefficient (Wildman–Crippen LogP) is 0.705. The van der Waals surface area contributed by atoms with E-state index in [1.807, 2.05) is 13.0 Å². The van der Waals surface area contributed by atoms with Crippen molar-refractivity contribution in [1.82, 2.24) is 10.3 Å². The molecule has 1 N–H and O–H groups in total. The highest BCUT2D eigenvalue weighted by Crippen LogP contribution is 2.06. The summed E-state index contributed by atoms with van der Waals surface area (Å²) in [6.07, 6.45) is 0. The summed E-state index contributed by atoms with van der Waals surface area (Å²) in [5.74, 6) is -0.291. The number of carbonyl (C=O) groups is 1. The number of thiazole rings is 1. The van der Waals surface area contributed by atoms with Gasteiger partial charge >= 0.3 is 0 Å². The Hall–Kier alpha value is -1.41. The number of hydrogen-bond acceptors (Lipinski definition) is 4. The SMILES string of the molecule is Cc1nc(C(=O)NCC#N)cs1. The number of amides is 1. The van der Waals surface area contributed by atoms with Crippen LogP contribution >= 0.6 is 11.3 Å².